The number of fused-ring (bicyclic) bond motifs is 3. The predicted molar refractivity (Wildman–Crippen MR) is 129 cm³/mol. The number of pyridine rings is 1. The van der Waals surface area contributed by atoms with Crippen LogP contribution in [-0.2, 0) is 35.5 Å². The molecule has 34 heavy (non-hydrogen) atoms. The van der Waals surface area contributed by atoms with Crippen molar-refractivity contribution in [3.05, 3.63) is 58.3 Å². The number of carbonyl (C=O) groups excluding carboxylic acids is 2. The number of carbonyl (C=O) groups is 2. The summed E-state index contributed by atoms with van der Waals surface area (Å²) in [7, 11) is 0. The van der Waals surface area contributed by atoms with E-state index in [1.54, 1.807) is 21.7 Å². The maximum Gasteiger partial charge on any atom is 0.250 e. The lowest BCUT2D eigenvalue weighted by molar-refractivity contribution is -0.131. The van der Waals surface area contributed by atoms with E-state index in [9.17, 15) is 14.4 Å². The normalized spacial score (nSPS) is 19.7. The summed E-state index contributed by atoms with van der Waals surface area (Å²) in [5.41, 5.74) is 9.49. The average molecular weight is 463 g/mol. The molecule has 2 amide bonds. The van der Waals surface area contributed by atoms with Crippen LogP contribution in [-0.4, -0.2) is 50.0 Å². The van der Waals surface area contributed by atoms with Crippen LogP contribution in [0.2, 0.25) is 0 Å². The number of nitrogens with zero attached hydrogens (tertiary/aromatic N) is 4. The summed E-state index contributed by atoms with van der Waals surface area (Å²) in [5.74, 6) is 0.0844. The van der Waals surface area contributed by atoms with Gasteiger partial charge in [0.2, 0.25) is 11.8 Å². The fraction of sp³-hybridized carbons (Fsp3) is 0.440. The number of amides is 2. The third kappa shape index (κ3) is 4.18. The van der Waals surface area contributed by atoms with Gasteiger partial charge in [0, 0.05) is 55.6 Å². The zero-order valence-corrected chi connectivity index (χ0v) is 19.4. The van der Waals surface area contributed by atoms with E-state index in [0.29, 0.717) is 38.5 Å². The first-order chi connectivity index (χ1) is 16.4. The van der Waals surface area contributed by atoms with Crippen LogP contribution in [0.25, 0.3) is 11.0 Å². The van der Waals surface area contributed by atoms with E-state index in [2.05, 4.69) is 18.3 Å². The molecule has 0 bridgehead atoms. The van der Waals surface area contributed by atoms with E-state index >= 15 is 0 Å². The van der Waals surface area contributed by atoms with E-state index in [1.165, 1.54) is 11.6 Å². The first kappa shape index (κ1) is 22.2. The number of hydrogen-bond acceptors (Lipinski definition) is 5. The second-order valence-electron chi connectivity index (χ2n) is 9.37. The number of imidazole rings is 1. The Morgan fingerprint density at radius 2 is 2.06 bits per heavy atom. The SMILES string of the molecule is C[C@H]1CCc2c(ccc3c2nc(CCn2ccccc2=O)n3CC(=O)N2CC[C@H](C(N)=O)C2)N1. The largest absolute Gasteiger partial charge is 0.382 e. The van der Waals surface area contributed by atoms with Gasteiger partial charge in [0.25, 0.3) is 5.56 Å². The number of primary amides is 1. The molecule has 0 aliphatic carbocycles. The molecule has 9 heteroatoms. The molecule has 0 radical (unpaired) electrons. The predicted octanol–water partition coefficient (Wildman–Crippen LogP) is 1.52. The first-order valence-corrected chi connectivity index (χ1v) is 11.9. The van der Waals surface area contributed by atoms with Crippen molar-refractivity contribution in [2.24, 2.45) is 11.7 Å². The molecular formula is C25H30N6O3. The number of hydrogen-bond donors (Lipinski definition) is 2. The van der Waals surface area contributed by atoms with Crippen LogP contribution in [0.5, 0.6) is 0 Å². The van der Waals surface area contributed by atoms with Crippen molar-refractivity contribution in [1.29, 1.82) is 0 Å². The highest BCUT2D eigenvalue weighted by Gasteiger charge is 2.30. The third-order valence-corrected chi connectivity index (χ3v) is 7.05. The van der Waals surface area contributed by atoms with Crippen LogP contribution in [0.15, 0.2) is 41.3 Å². The van der Waals surface area contributed by atoms with Gasteiger partial charge in [0.05, 0.1) is 17.0 Å². The Kier molecular flexibility index (Phi) is 5.85. The standard InChI is InChI=1S/C25H30N6O3/c1-16-5-6-18-19(27-16)7-8-20-24(18)28-21(10-13-29-11-3-2-4-22(29)32)31(20)15-23(33)30-12-9-17(14-30)25(26)34/h2-4,7-8,11,16-17,27H,5-6,9-10,12-15H2,1H3,(H2,26,34)/t16-,17-/m0/s1. The van der Waals surface area contributed by atoms with Gasteiger partial charge in [-0.15, -0.1) is 0 Å². The van der Waals surface area contributed by atoms with Gasteiger partial charge in [-0.2, -0.15) is 0 Å². The van der Waals surface area contributed by atoms with Gasteiger partial charge in [0.1, 0.15) is 12.4 Å². The fourth-order valence-electron chi connectivity index (χ4n) is 5.07. The van der Waals surface area contributed by atoms with Crippen LogP contribution in [0, 0.1) is 5.92 Å². The zero-order valence-electron chi connectivity index (χ0n) is 19.4. The Hall–Kier alpha value is -3.62. The molecule has 178 valence electrons. The molecule has 2 atom stereocenters. The van der Waals surface area contributed by atoms with Gasteiger partial charge < -0.3 is 25.1 Å². The van der Waals surface area contributed by atoms with Crippen molar-refractivity contribution in [3.8, 4) is 0 Å². The molecule has 5 rings (SSSR count). The molecular weight excluding hydrogens is 432 g/mol. The number of rotatable bonds is 6. The van der Waals surface area contributed by atoms with Crippen molar-refractivity contribution in [2.75, 3.05) is 18.4 Å². The minimum absolute atomic E-state index is 0.0503. The number of likely N-dealkylation sites (tertiary alicyclic amines) is 1. The summed E-state index contributed by atoms with van der Waals surface area (Å²) in [6, 6.07) is 9.60. The lowest BCUT2D eigenvalue weighted by Gasteiger charge is -2.24. The van der Waals surface area contributed by atoms with Crippen LogP contribution in [0.1, 0.15) is 31.2 Å². The summed E-state index contributed by atoms with van der Waals surface area (Å²) >= 11 is 0. The molecule has 0 unspecified atom stereocenters. The molecule has 0 saturated carbocycles. The summed E-state index contributed by atoms with van der Waals surface area (Å²) < 4.78 is 3.63. The number of benzene rings is 1. The van der Waals surface area contributed by atoms with E-state index in [1.807, 2.05) is 16.7 Å². The Labute approximate surface area is 197 Å². The van der Waals surface area contributed by atoms with Gasteiger partial charge in [-0.3, -0.25) is 14.4 Å². The lowest BCUT2D eigenvalue weighted by Crippen LogP contribution is -2.34. The molecule has 3 aromatic rings. The summed E-state index contributed by atoms with van der Waals surface area (Å²) in [6.45, 7) is 3.69. The summed E-state index contributed by atoms with van der Waals surface area (Å²) in [6.07, 6.45) is 4.84. The molecule has 1 fully saturated rings. The Morgan fingerprint density at radius 1 is 1.21 bits per heavy atom. The van der Waals surface area contributed by atoms with Gasteiger partial charge >= 0.3 is 0 Å². The Bertz CT molecular complexity index is 1310. The van der Waals surface area contributed by atoms with Gasteiger partial charge in [-0.1, -0.05) is 6.07 Å². The highest BCUT2D eigenvalue weighted by molar-refractivity contribution is 5.88. The lowest BCUT2D eigenvalue weighted by atomic mass is 9.98. The molecule has 9 nitrogen and oxygen atoms in total. The van der Waals surface area contributed by atoms with Crippen molar-refractivity contribution in [2.45, 2.75) is 51.7 Å². The summed E-state index contributed by atoms with van der Waals surface area (Å²) in [5, 5.41) is 3.53. The second kappa shape index (κ2) is 8.96. The molecule has 0 spiro atoms. The zero-order chi connectivity index (χ0) is 23.8. The Morgan fingerprint density at radius 3 is 2.82 bits per heavy atom. The van der Waals surface area contributed by atoms with Crippen molar-refractivity contribution >= 4 is 28.5 Å². The minimum Gasteiger partial charge on any atom is -0.382 e. The molecule has 2 aliphatic rings. The maximum atomic E-state index is 13.2. The maximum absolute atomic E-state index is 13.2. The highest BCUT2D eigenvalue weighted by atomic mass is 16.2. The van der Waals surface area contributed by atoms with Crippen LogP contribution in [0.3, 0.4) is 0 Å². The number of nitrogens with one attached hydrogen (secondary N) is 1. The van der Waals surface area contributed by atoms with E-state index in [4.69, 9.17) is 10.7 Å². The van der Waals surface area contributed by atoms with Crippen molar-refractivity contribution < 1.29 is 9.59 Å². The highest BCUT2D eigenvalue weighted by Crippen LogP contribution is 2.32. The molecule has 1 saturated heterocycles. The summed E-state index contributed by atoms with van der Waals surface area (Å²) in [4.78, 5) is 43.6. The number of aryl methyl sites for hydroxylation is 3. The number of aromatic nitrogens is 3. The van der Waals surface area contributed by atoms with Crippen molar-refractivity contribution in [3.63, 3.8) is 0 Å². The van der Waals surface area contributed by atoms with E-state index in [-0.39, 0.29) is 29.8 Å². The second-order valence-corrected chi connectivity index (χ2v) is 9.37. The first-order valence-electron chi connectivity index (χ1n) is 11.9. The van der Waals surface area contributed by atoms with Crippen LogP contribution < -0.4 is 16.6 Å². The monoisotopic (exact) mass is 462 g/mol. The molecule has 4 heterocycles. The van der Waals surface area contributed by atoms with Gasteiger partial charge in [-0.05, 0) is 44.4 Å². The molecule has 2 aliphatic heterocycles. The topological polar surface area (TPSA) is 115 Å². The Balaban J connectivity index is 1.48. The smallest absolute Gasteiger partial charge is 0.250 e. The number of anilines is 1. The van der Waals surface area contributed by atoms with Gasteiger partial charge in [-0.25, -0.2) is 4.98 Å². The molecule has 3 N–H and O–H groups in total. The van der Waals surface area contributed by atoms with Crippen molar-refractivity contribution in [1.82, 2.24) is 19.0 Å². The van der Waals surface area contributed by atoms with Crippen LogP contribution >= 0.6 is 0 Å². The van der Waals surface area contributed by atoms with E-state index in [0.717, 1.165) is 35.4 Å². The van der Waals surface area contributed by atoms with Crippen LogP contribution in [0.4, 0.5) is 5.69 Å². The van der Waals surface area contributed by atoms with E-state index < -0.39 is 0 Å². The number of nitrogens with two attached hydrogens (primary N) is 1. The fourth-order valence-corrected chi connectivity index (χ4v) is 5.07. The third-order valence-electron chi connectivity index (χ3n) is 7.05. The minimum atomic E-state index is -0.356. The molecule has 1 aromatic carbocycles. The molecule has 2 aromatic heterocycles. The van der Waals surface area contributed by atoms with Gasteiger partial charge in [0.15, 0.2) is 0 Å². The quantitative estimate of drug-likeness (QED) is 0.576. The average Bonchev–Trinajstić information content (AvgIpc) is 3.44.